The van der Waals surface area contributed by atoms with Crippen LogP contribution in [0, 0.1) is 29.3 Å². The zero-order valence-electron chi connectivity index (χ0n) is 15.7. The van der Waals surface area contributed by atoms with Crippen molar-refractivity contribution in [1.82, 2.24) is 0 Å². The summed E-state index contributed by atoms with van der Waals surface area (Å²) in [7, 11) is 0.0683. The van der Waals surface area contributed by atoms with Gasteiger partial charge in [-0.15, -0.1) is 0 Å². The first-order chi connectivity index (χ1) is 10.5. The molecule has 0 N–H and O–H groups in total. The molecule has 0 fully saturated rings. The Labute approximate surface area is 141 Å². The summed E-state index contributed by atoms with van der Waals surface area (Å²) in [5.74, 6) is 3.26. The number of hydrogen-bond donors (Lipinski definition) is 0. The molecule has 0 aliphatic rings. The summed E-state index contributed by atoms with van der Waals surface area (Å²) >= 11 is 0. The summed E-state index contributed by atoms with van der Waals surface area (Å²) in [4.78, 5) is 0. The van der Waals surface area contributed by atoms with Gasteiger partial charge in [0.15, 0.2) is 0 Å². The summed E-state index contributed by atoms with van der Waals surface area (Å²) in [6.45, 7) is 11.7. The molecule has 0 heterocycles. The van der Waals surface area contributed by atoms with Crippen molar-refractivity contribution >= 4 is 7.92 Å². The van der Waals surface area contributed by atoms with Crippen LogP contribution in [0.3, 0.4) is 0 Å². The number of hydrogen-bond acceptors (Lipinski definition) is 1. The van der Waals surface area contributed by atoms with Gasteiger partial charge in [0.1, 0.15) is 0 Å². The van der Waals surface area contributed by atoms with Crippen molar-refractivity contribution in [2.75, 3.05) is 0 Å². The van der Waals surface area contributed by atoms with Gasteiger partial charge in [-0.05, 0) is 5.92 Å². The molecular formula is C20H39OP. The van der Waals surface area contributed by atoms with Crippen LogP contribution in [0.15, 0.2) is 0 Å². The molecule has 1 nitrogen and oxygen atoms in total. The van der Waals surface area contributed by atoms with Crippen LogP contribution in [0.4, 0.5) is 0 Å². The third kappa shape index (κ3) is 14.9. The van der Waals surface area contributed by atoms with Gasteiger partial charge in [-0.1, -0.05) is 26.7 Å². The van der Waals surface area contributed by atoms with Crippen molar-refractivity contribution in [3.05, 3.63) is 0 Å². The molecule has 3 unspecified atom stereocenters. The van der Waals surface area contributed by atoms with E-state index in [1.54, 1.807) is 0 Å². The predicted octanol–water partition coefficient (Wildman–Crippen LogP) is 7.70. The van der Waals surface area contributed by atoms with Gasteiger partial charge in [0.05, 0.1) is 0 Å². The van der Waals surface area contributed by atoms with Gasteiger partial charge in [0.2, 0.25) is 0 Å². The van der Waals surface area contributed by atoms with Gasteiger partial charge in [-0.3, -0.25) is 0 Å². The van der Waals surface area contributed by atoms with Crippen LogP contribution in [0.1, 0.15) is 98.8 Å². The minimum atomic E-state index is 0.0683. The fourth-order valence-electron chi connectivity index (χ4n) is 3.09. The molecule has 0 aromatic rings. The van der Waals surface area contributed by atoms with Gasteiger partial charge in [0.25, 0.3) is 0 Å². The van der Waals surface area contributed by atoms with Crippen LogP contribution < -0.4 is 0 Å². The topological polar surface area (TPSA) is 17.1 Å². The average Bonchev–Trinajstić information content (AvgIpc) is 2.44. The SMILES string of the molecule is CC(C)CCCC(C)CCCC(C)CCCC(C)CC#P=O. The molecular weight excluding hydrogens is 287 g/mol. The third-order valence-corrected chi connectivity index (χ3v) is 5.08. The quantitative estimate of drug-likeness (QED) is 0.317. The molecule has 0 aliphatic carbocycles. The molecule has 22 heavy (non-hydrogen) atoms. The fraction of sp³-hybridized carbons (Fsp3) is 0.950. The summed E-state index contributed by atoms with van der Waals surface area (Å²) in [6.07, 6.45) is 13.2. The van der Waals surface area contributed by atoms with E-state index in [9.17, 15) is 4.57 Å². The standard InChI is InChI=1S/C20H39OP/c1-17(2)9-6-10-18(3)11-7-12-19(4)13-8-14-20(5)15-16-22-21/h17-20H,6-15H2,1-5H3. The number of rotatable bonds is 13. The van der Waals surface area contributed by atoms with Crippen LogP contribution in [0.5, 0.6) is 0 Å². The zero-order valence-corrected chi connectivity index (χ0v) is 16.6. The van der Waals surface area contributed by atoms with Gasteiger partial charge >= 0.3 is 108 Å². The molecule has 0 saturated carbocycles. The second kappa shape index (κ2) is 14.6. The summed E-state index contributed by atoms with van der Waals surface area (Å²) in [6, 6.07) is 0. The first-order valence-corrected chi connectivity index (χ1v) is 10.3. The van der Waals surface area contributed by atoms with E-state index >= 15 is 0 Å². The van der Waals surface area contributed by atoms with E-state index in [0.29, 0.717) is 5.92 Å². The Balaban J connectivity index is 3.53. The molecule has 2 heteroatoms. The van der Waals surface area contributed by atoms with E-state index in [-0.39, 0.29) is 7.92 Å². The Morgan fingerprint density at radius 3 is 1.50 bits per heavy atom. The van der Waals surface area contributed by atoms with Crippen molar-refractivity contribution in [2.45, 2.75) is 98.8 Å². The van der Waals surface area contributed by atoms with E-state index in [1.165, 1.54) is 57.8 Å². The average molecular weight is 327 g/mol. The molecule has 0 spiro atoms. The van der Waals surface area contributed by atoms with Crippen molar-refractivity contribution in [3.63, 3.8) is 0 Å². The second-order valence-electron chi connectivity index (χ2n) is 7.96. The predicted molar refractivity (Wildman–Crippen MR) is 100.0 cm³/mol. The molecule has 3 atom stereocenters. The van der Waals surface area contributed by atoms with Gasteiger partial charge in [-0.2, -0.15) is 0 Å². The van der Waals surface area contributed by atoms with Crippen LogP contribution in [-0.2, 0) is 4.57 Å². The molecule has 0 aromatic heterocycles. The van der Waals surface area contributed by atoms with Crippen molar-refractivity contribution in [3.8, 4) is 5.63 Å². The molecule has 0 saturated heterocycles. The Kier molecular flexibility index (Phi) is 14.6. The molecule has 130 valence electrons. The molecule has 0 aromatic carbocycles. The van der Waals surface area contributed by atoms with E-state index < -0.39 is 0 Å². The zero-order chi connectivity index (χ0) is 16.8. The third-order valence-electron chi connectivity index (χ3n) is 4.77. The Morgan fingerprint density at radius 2 is 1.09 bits per heavy atom. The van der Waals surface area contributed by atoms with Gasteiger partial charge in [0, 0.05) is 0 Å². The summed E-state index contributed by atoms with van der Waals surface area (Å²) in [5, 5.41) is 0. The monoisotopic (exact) mass is 326 g/mol. The van der Waals surface area contributed by atoms with Crippen LogP contribution in [0.25, 0.3) is 0 Å². The van der Waals surface area contributed by atoms with Crippen LogP contribution in [-0.4, -0.2) is 0 Å². The van der Waals surface area contributed by atoms with Crippen molar-refractivity contribution < 1.29 is 4.57 Å². The minimum absolute atomic E-state index is 0.0683. The first kappa shape index (κ1) is 22.0. The normalized spacial score (nSPS) is 15.4. The molecule has 0 rings (SSSR count). The van der Waals surface area contributed by atoms with Gasteiger partial charge in [-0.25, -0.2) is 0 Å². The van der Waals surface area contributed by atoms with Crippen LogP contribution in [0.2, 0.25) is 0 Å². The maximum atomic E-state index is 10.3. The molecule has 0 radical (unpaired) electrons. The first-order valence-electron chi connectivity index (χ1n) is 9.50. The van der Waals surface area contributed by atoms with E-state index in [1.807, 2.05) is 0 Å². The summed E-state index contributed by atoms with van der Waals surface area (Å²) < 4.78 is 10.3. The van der Waals surface area contributed by atoms with E-state index in [2.05, 4.69) is 40.2 Å². The maximum absolute atomic E-state index is 10.3. The molecule has 0 aliphatic heterocycles. The van der Waals surface area contributed by atoms with Crippen molar-refractivity contribution in [1.29, 1.82) is 0 Å². The molecule has 0 amide bonds. The van der Waals surface area contributed by atoms with E-state index in [4.69, 9.17) is 0 Å². The summed E-state index contributed by atoms with van der Waals surface area (Å²) in [5.41, 5.74) is 2.87. The fourth-order valence-corrected chi connectivity index (χ4v) is 3.47. The van der Waals surface area contributed by atoms with Crippen molar-refractivity contribution in [2.24, 2.45) is 23.7 Å². The molecule has 0 bridgehead atoms. The Bertz CT molecular complexity index is 344. The Morgan fingerprint density at radius 1 is 0.682 bits per heavy atom. The van der Waals surface area contributed by atoms with E-state index in [0.717, 1.165) is 24.2 Å². The van der Waals surface area contributed by atoms with Gasteiger partial charge < -0.3 is 0 Å². The van der Waals surface area contributed by atoms with Crippen LogP contribution >= 0.6 is 7.92 Å². The second-order valence-corrected chi connectivity index (χ2v) is 8.45. The Hall–Kier alpha value is 0.01000.